The second kappa shape index (κ2) is 9.25. The molecule has 0 aromatic heterocycles. The van der Waals surface area contributed by atoms with Gasteiger partial charge in [-0.05, 0) is 48.4 Å². The summed E-state index contributed by atoms with van der Waals surface area (Å²) in [5, 5.41) is 14.7. The number of nitrogens with one attached hydrogen (secondary N) is 2. The molecule has 3 N–H and O–H groups in total. The van der Waals surface area contributed by atoms with Crippen LogP contribution in [0.25, 0.3) is 11.1 Å². The number of benzene rings is 2. The van der Waals surface area contributed by atoms with Gasteiger partial charge < -0.3 is 20.5 Å². The van der Waals surface area contributed by atoms with Crippen molar-refractivity contribution in [3.05, 3.63) is 59.7 Å². The van der Waals surface area contributed by atoms with Gasteiger partial charge in [0.15, 0.2) is 0 Å². The lowest BCUT2D eigenvalue weighted by molar-refractivity contribution is -0.142. The van der Waals surface area contributed by atoms with Gasteiger partial charge in [-0.3, -0.25) is 4.79 Å². The molecule has 1 unspecified atom stereocenters. The number of carbonyl (C=O) groups is 3. The van der Waals surface area contributed by atoms with Crippen LogP contribution in [-0.2, 0) is 14.3 Å². The highest BCUT2D eigenvalue weighted by atomic mass is 16.5. The van der Waals surface area contributed by atoms with Crippen molar-refractivity contribution in [2.24, 2.45) is 5.92 Å². The van der Waals surface area contributed by atoms with E-state index in [1.807, 2.05) is 24.3 Å². The van der Waals surface area contributed by atoms with E-state index in [0.29, 0.717) is 12.3 Å². The molecule has 2 aromatic rings. The average molecular weight is 451 g/mol. The van der Waals surface area contributed by atoms with Gasteiger partial charge in [0.2, 0.25) is 5.91 Å². The number of carboxylic acids is 1. The minimum atomic E-state index is -1.03. The molecule has 7 nitrogen and oxygen atoms in total. The molecular weight excluding hydrogens is 420 g/mol. The fraction of sp³-hybridized carbons (Fsp3) is 0.423. The lowest BCUT2D eigenvalue weighted by atomic mass is 9.98. The normalized spacial score (nSPS) is 15.8. The Morgan fingerprint density at radius 1 is 1.03 bits per heavy atom. The average Bonchev–Trinajstić information content (AvgIpc) is 3.51. The first-order valence-electron chi connectivity index (χ1n) is 11.4. The summed E-state index contributed by atoms with van der Waals surface area (Å²) in [7, 11) is 0. The van der Waals surface area contributed by atoms with Crippen LogP contribution >= 0.6 is 0 Å². The molecule has 4 rings (SSSR count). The summed E-state index contributed by atoms with van der Waals surface area (Å²) < 4.78 is 5.56. The van der Waals surface area contributed by atoms with Gasteiger partial charge >= 0.3 is 12.1 Å². The summed E-state index contributed by atoms with van der Waals surface area (Å²) in [6.45, 7) is 3.61. The molecule has 0 bridgehead atoms. The third kappa shape index (κ3) is 5.53. The number of carboxylic acid groups (broad SMARTS) is 1. The zero-order valence-electron chi connectivity index (χ0n) is 19.0. The van der Waals surface area contributed by atoms with E-state index in [-0.39, 0.29) is 18.9 Å². The Hall–Kier alpha value is -3.35. The van der Waals surface area contributed by atoms with E-state index in [0.717, 1.165) is 35.1 Å². The Balaban J connectivity index is 1.32. The lowest BCUT2D eigenvalue weighted by Gasteiger charge is -2.26. The van der Waals surface area contributed by atoms with Crippen LogP contribution in [0.2, 0.25) is 0 Å². The van der Waals surface area contributed by atoms with Crippen molar-refractivity contribution < 1.29 is 24.2 Å². The Kier molecular flexibility index (Phi) is 6.40. The number of amides is 2. The number of aliphatic carboxylic acids is 1. The molecule has 1 fully saturated rings. The Morgan fingerprint density at radius 3 is 2.15 bits per heavy atom. The van der Waals surface area contributed by atoms with Crippen LogP contribution in [0, 0.1) is 5.92 Å². The predicted octanol–water partition coefficient (Wildman–Crippen LogP) is 4.06. The maximum Gasteiger partial charge on any atom is 0.407 e. The van der Waals surface area contributed by atoms with Crippen molar-refractivity contribution in [1.82, 2.24) is 10.6 Å². The monoisotopic (exact) mass is 450 g/mol. The van der Waals surface area contributed by atoms with Gasteiger partial charge in [0.05, 0.1) is 0 Å². The molecule has 33 heavy (non-hydrogen) atoms. The molecule has 2 amide bonds. The molecule has 0 radical (unpaired) electrons. The van der Waals surface area contributed by atoms with Gasteiger partial charge in [-0.1, -0.05) is 61.4 Å². The summed E-state index contributed by atoms with van der Waals surface area (Å²) in [6, 6.07) is 15.3. The maximum absolute atomic E-state index is 12.5. The number of rotatable bonds is 9. The third-order valence-corrected chi connectivity index (χ3v) is 6.29. The Bertz CT molecular complexity index is 1010. The van der Waals surface area contributed by atoms with E-state index in [2.05, 4.69) is 34.9 Å². The molecule has 0 aliphatic heterocycles. The topological polar surface area (TPSA) is 105 Å². The van der Waals surface area contributed by atoms with Crippen molar-refractivity contribution in [1.29, 1.82) is 0 Å². The van der Waals surface area contributed by atoms with E-state index >= 15 is 0 Å². The van der Waals surface area contributed by atoms with Crippen LogP contribution in [0.3, 0.4) is 0 Å². The van der Waals surface area contributed by atoms with E-state index in [4.69, 9.17) is 4.74 Å². The van der Waals surface area contributed by atoms with E-state index in [9.17, 15) is 19.5 Å². The van der Waals surface area contributed by atoms with Crippen molar-refractivity contribution in [2.75, 3.05) is 6.61 Å². The number of fused-ring (bicyclic) bond motifs is 3. The summed E-state index contributed by atoms with van der Waals surface area (Å²) in [4.78, 5) is 36.4. The molecule has 1 saturated carbocycles. The molecule has 1 atom stereocenters. The third-order valence-electron chi connectivity index (χ3n) is 6.29. The van der Waals surface area contributed by atoms with Crippen LogP contribution in [-0.4, -0.2) is 41.3 Å². The van der Waals surface area contributed by atoms with Crippen LogP contribution < -0.4 is 10.6 Å². The van der Waals surface area contributed by atoms with E-state index in [1.54, 1.807) is 13.8 Å². The Labute approximate surface area is 193 Å². The van der Waals surface area contributed by atoms with Gasteiger partial charge in [0, 0.05) is 17.9 Å². The molecule has 2 aromatic carbocycles. The van der Waals surface area contributed by atoms with Crippen molar-refractivity contribution in [2.45, 2.75) is 57.0 Å². The number of alkyl carbamates (subject to hydrolysis) is 1. The van der Waals surface area contributed by atoms with E-state index in [1.165, 1.54) is 0 Å². The standard InChI is InChI=1S/C26H30N2O5/c1-26(2,14-23(29)27-22(24(30)31)13-16-11-12-16)28-25(32)33-15-21-19-9-5-3-7-17(19)18-8-4-6-10-20(18)21/h3-10,16,21-22H,11-15H2,1-2H3,(H,27,29)(H,28,32)(H,30,31). The summed E-state index contributed by atoms with van der Waals surface area (Å²) in [5.41, 5.74) is 3.66. The first kappa shape index (κ1) is 22.8. The van der Waals surface area contributed by atoms with Crippen LogP contribution in [0.5, 0.6) is 0 Å². The number of ether oxygens (including phenoxy) is 1. The van der Waals surface area contributed by atoms with Gasteiger partial charge in [-0.25, -0.2) is 9.59 Å². The van der Waals surface area contributed by atoms with Gasteiger partial charge in [-0.15, -0.1) is 0 Å². The Morgan fingerprint density at radius 2 is 1.61 bits per heavy atom. The number of hydrogen-bond acceptors (Lipinski definition) is 4. The second-order valence-electron chi connectivity index (χ2n) is 9.65. The summed E-state index contributed by atoms with van der Waals surface area (Å²) in [5.74, 6) is -1.11. The smallest absolute Gasteiger partial charge is 0.407 e. The summed E-state index contributed by atoms with van der Waals surface area (Å²) in [6.07, 6.45) is 1.80. The van der Waals surface area contributed by atoms with Gasteiger partial charge in [-0.2, -0.15) is 0 Å². The summed E-state index contributed by atoms with van der Waals surface area (Å²) >= 11 is 0. The molecule has 7 heteroatoms. The van der Waals surface area contributed by atoms with Crippen molar-refractivity contribution in [3.8, 4) is 11.1 Å². The first-order chi connectivity index (χ1) is 15.7. The SMILES string of the molecule is CC(C)(CC(=O)NC(CC1CC1)C(=O)O)NC(=O)OCC1c2ccccc2-c2ccccc21. The fourth-order valence-electron chi connectivity index (χ4n) is 4.51. The molecule has 0 saturated heterocycles. The zero-order valence-corrected chi connectivity index (χ0v) is 19.0. The highest BCUT2D eigenvalue weighted by Crippen LogP contribution is 2.44. The molecule has 2 aliphatic carbocycles. The molecule has 0 heterocycles. The molecule has 2 aliphatic rings. The first-order valence-corrected chi connectivity index (χ1v) is 11.4. The predicted molar refractivity (Wildman–Crippen MR) is 124 cm³/mol. The largest absolute Gasteiger partial charge is 0.480 e. The van der Waals surface area contributed by atoms with E-state index < -0.39 is 29.6 Å². The molecule has 174 valence electrons. The second-order valence-corrected chi connectivity index (χ2v) is 9.65. The quantitative estimate of drug-likeness (QED) is 0.534. The van der Waals surface area contributed by atoms with Gasteiger partial charge in [0.1, 0.15) is 12.6 Å². The number of hydrogen-bond donors (Lipinski definition) is 3. The fourth-order valence-corrected chi connectivity index (χ4v) is 4.51. The zero-order chi connectivity index (χ0) is 23.6. The molecular formula is C26H30N2O5. The van der Waals surface area contributed by atoms with Crippen LogP contribution in [0.1, 0.15) is 56.6 Å². The number of carbonyl (C=O) groups excluding carboxylic acids is 2. The van der Waals surface area contributed by atoms with Gasteiger partial charge in [0.25, 0.3) is 0 Å². The van der Waals surface area contributed by atoms with Crippen LogP contribution in [0.15, 0.2) is 48.5 Å². The highest BCUT2D eigenvalue weighted by molar-refractivity contribution is 5.84. The van der Waals surface area contributed by atoms with Crippen LogP contribution in [0.4, 0.5) is 4.79 Å². The highest BCUT2D eigenvalue weighted by Gasteiger charge is 2.33. The minimum absolute atomic E-state index is 0.0479. The lowest BCUT2D eigenvalue weighted by Crippen LogP contribution is -2.49. The minimum Gasteiger partial charge on any atom is -0.480 e. The van der Waals surface area contributed by atoms with Crippen molar-refractivity contribution in [3.63, 3.8) is 0 Å². The maximum atomic E-state index is 12.5. The van der Waals surface area contributed by atoms with Crippen molar-refractivity contribution >= 4 is 18.0 Å². The molecule has 0 spiro atoms.